The number of hydrogen-bond donors (Lipinski definition) is 2. The lowest BCUT2D eigenvalue weighted by molar-refractivity contribution is 0.103. The van der Waals surface area contributed by atoms with Gasteiger partial charge in [0.15, 0.2) is 0 Å². The van der Waals surface area contributed by atoms with E-state index in [2.05, 4.69) is 5.32 Å². The number of anilines is 2. The molecule has 1 aliphatic rings. The van der Waals surface area contributed by atoms with Gasteiger partial charge in [-0.2, -0.15) is 0 Å². The Bertz CT molecular complexity index is 642. The molecule has 0 radical (unpaired) electrons. The number of amides is 1. The average molecular weight is 290 g/mol. The van der Waals surface area contributed by atoms with Crippen LogP contribution in [0.2, 0.25) is 0 Å². The lowest BCUT2D eigenvalue weighted by Gasteiger charge is -2.08. The van der Waals surface area contributed by atoms with Crippen LogP contribution in [-0.4, -0.2) is 5.91 Å². The van der Waals surface area contributed by atoms with E-state index in [0.29, 0.717) is 10.6 Å². The first-order chi connectivity index (χ1) is 9.63. The van der Waals surface area contributed by atoms with Crippen molar-refractivity contribution in [2.45, 2.75) is 25.7 Å². The van der Waals surface area contributed by atoms with Gasteiger partial charge in [0.05, 0.1) is 10.6 Å². The van der Waals surface area contributed by atoms with Gasteiger partial charge in [-0.1, -0.05) is 0 Å². The fourth-order valence-electron chi connectivity index (χ4n) is 2.42. The minimum atomic E-state index is -0.514. The van der Waals surface area contributed by atoms with Crippen LogP contribution >= 0.6 is 11.3 Å². The first-order valence-corrected chi connectivity index (χ1v) is 7.43. The van der Waals surface area contributed by atoms with Gasteiger partial charge >= 0.3 is 0 Å². The predicted octanol–water partition coefficient (Wildman–Crippen LogP) is 3.60. The summed E-state index contributed by atoms with van der Waals surface area (Å²) in [5.41, 5.74) is 7.26. The maximum absolute atomic E-state index is 13.7. The highest BCUT2D eigenvalue weighted by molar-refractivity contribution is 7.14. The van der Waals surface area contributed by atoms with E-state index in [9.17, 15) is 9.18 Å². The minimum Gasteiger partial charge on any atom is -0.399 e. The van der Waals surface area contributed by atoms with Crippen LogP contribution in [0.4, 0.5) is 15.8 Å². The molecule has 1 heterocycles. The Morgan fingerprint density at radius 1 is 1.25 bits per heavy atom. The van der Waals surface area contributed by atoms with E-state index >= 15 is 0 Å². The molecular formula is C15H15FN2OS. The molecule has 0 unspecified atom stereocenters. The number of rotatable bonds is 2. The molecule has 0 fully saturated rings. The van der Waals surface area contributed by atoms with Gasteiger partial charge in [-0.05, 0) is 55.5 Å². The van der Waals surface area contributed by atoms with E-state index in [4.69, 9.17) is 5.73 Å². The molecule has 3 rings (SSSR count). The van der Waals surface area contributed by atoms with Crippen molar-refractivity contribution in [1.82, 2.24) is 0 Å². The summed E-state index contributed by atoms with van der Waals surface area (Å²) in [6.45, 7) is 0. The van der Waals surface area contributed by atoms with Crippen molar-refractivity contribution in [1.29, 1.82) is 0 Å². The fourth-order valence-corrected chi connectivity index (χ4v) is 3.57. The second kappa shape index (κ2) is 5.25. The first-order valence-electron chi connectivity index (χ1n) is 6.61. The van der Waals surface area contributed by atoms with Crippen molar-refractivity contribution in [3.63, 3.8) is 0 Å². The Kier molecular flexibility index (Phi) is 3.44. The van der Waals surface area contributed by atoms with E-state index in [1.165, 1.54) is 46.8 Å². The SMILES string of the molecule is Nc1ccc(NC(=O)c2cc3c(s2)CCCC3)c(F)c1. The summed E-state index contributed by atoms with van der Waals surface area (Å²) < 4.78 is 13.7. The van der Waals surface area contributed by atoms with Gasteiger partial charge in [0, 0.05) is 10.6 Å². The maximum Gasteiger partial charge on any atom is 0.265 e. The van der Waals surface area contributed by atoms with Crippen molar-refractivity contribution in [2.75, 3.05) is 11.1 Å². The minimum absolute atomic E-state index is 0.163. The van der Waals surface area contributed by atoms with Crippen molar-refractivity contribution < 1.29 is 9.18 Å². The summed E-state index contributed by atoms with van der Waals surface area (Å²) >= 11 is 1.51. The third kappa shape index (κ3) is 2.54. The summed E-state index contributed by atoms with van der Waals surface area (Å²) in [5, 5.41) is 2.60. The number of nitrogen functional groups attached to an aromatic ring is 1. The third-order valence-corrected chi connectivity index (χ3v) is 4.70. The van der Waals surface area contributed by atoms with Gasteiger partial charge in [-0.15, -0.1) is 11.3 Å². The van der Waals surface area contributed by atoms with Crippen molar-refractivity contribution in [3.8, 4) is 0 Å². The highest BCUT2D eigenvalue weighted by Gasteiger charge is 2.18. The van der Waals surface area contributed by atoms with Gasteiger partial charge in [-0.3, -0.25) is 4.79 Å². The lowest BCUT2D eigenvalue weighted by Crippen LogP contribution is -2.11. The number of aryl methyl sites for hydroxylation is 2. The van der Waals surface area contributed by atoms with Crippen LogP contribution in [-0.2, 0) is 12.8 Å². The molecule has 1 amide bonds. The zero-order chi connectivity index (χ0) is 14.1. The molecule has 0 aliphatic heterocycles. The zero-order valence-corrected chi connectivity index (χ0v) is 11.7. The Hall–Kier alpha value is -1.88. The molecule has 3 N–H and O–H groups in total. The highest BCUT2D eigenvalue weighted by Crippen LogP contribution is 2.30. The molecule has 0 saturated heterocycles. The van der Waals surface area contributed by atoms with Crippen LogP contribution < -0.4 is 11.1 Å². The Morgan fingerprint density at radius 3 is 2.80 bits per heavy atom. The van der Waals surface area contributed by atoms with E-state index in [1.807, 2.05) is 6.07 Å². The third-order valence-electron chi connectivity index (χ3n) is 3.46. The number of hydrogen-bond acceptors (Lipinski definition) is 3. The first kappa shape index (κ1) is 13.1. The molecule has 1 aromatic carbocycles. The summed E-state index contributed by atoms with van der Waals surface area (Å²) in [4.78, 5) is 14.1. The van der Waals surface area contributed by atoms with Crippen molar-refractivity contribution in [3.05, 3.63) is 45.4 Å². The molecule has 0 atom stereocenters. The summed E-state index contributed by atoms with van der Waals surface area (Å²) in [5.74, 6) is -0.771. The monoisotopic (exact) mass is 290 g/mol. The second-order valence-corrected chi connectivity index (χ2v) is 6.10. The molecule has 1 aromatic heterocycles. The molecule has 1 aliphatic carbocycles. The summed E-state index contributed by atoms with van der Waals surface area (Å²) in [7, 11) is 0. The predicted molar refractivity (Wildman–Crippen MR) is 79.7 cm³/mol. The van der Waals surface area contributed by atoms with E-state index in [1.54, 1.807) is 6.07 Å². The van der Waals surface area contributed by atoms with E-state index < -0.39 is 5.82 Å². The number of benzene rings is 1. The normalized spacial score (nSPS) is 13.8. The standard InChI is InChI=1S/C15H15FN2OS/c16-11-8-10(17)5-6-12(11)18-15(19)14-7-9-3-1-2-4-13(9)20-14/h5-8H,1-4,17H2,(H,18,19). The summed E-state index contributed by atoms with van der Waals surface area (Å²) in [6.07, 6.45) is 4.44. The maximum atomic E-state index is 13.7. The number of halogens is 1. The number of thiophene rings is 1. The number of fused-ring (bicyclic) bond motifs is 1. The van der Waals surface area contributed by atoms with Gasteiger partial charge in [0.25, 0.3) is 5.91 Å². The van der Waals surface area contributed by atoms with Crippen LogP contribution in [0.5, 0.6) is 0 Å². The van der Waals surface area contributed by atoms with Crippen LogP contribution in [0, 0.1) is 5.82 Å². The number of carbonyl (C=O) groups excluding carboxylic acids is 1. The molecule has 3 nitrogen and oxygen atoms in total. The van der Waals surface area contributed by atoms with Crippen LogP contribution in [0.25, 0.3) is 0 Å². The Morgan fingerprint density at radius 2 is 2.05 bits per heavy atom. The Labute approximate surface area is 120 Å². The molecule has 104 valence electrons. The van der Waals surface area contributed by atoms with Gasteiger partial charge in [0.2, 0.25) is 0 Å². The molecule has 20 heavy (non-hydrogen) atoms. The summed E-state index contributed by atoms with van der Waals surface area (Å²) in [6, 6.07) is 6.19. The molecular weight excluding hydrogens is 275 g/mol. The lowest BCUT2D eigenvalue weighted by atomic mass is 9.99. The van der Waals surface area contributed by atoms with E-state index in [-0.39, 0.29) is 11.6 Å². The molecule has 0 spiro atoms. The molecule has 2 aromatic rings. The quantitative estimate of drug-likeness (QED) is 0.830. The highest BCUT2D eigenvalue weighted by atomic mass is 32.1. The Balaban J connectivity index is 1.80. The topological polar surface area (TPSA) is 55.1 Å². The zero-order valence-electron chi connectivity index (χ0n) is 10.9. The number of nitrogens with one attached hydrogen (secondary N) is 1. The van der Waals surface area contributed by atoms with Crippen molar-refractivity contribution in [2.24, 2.45) is 0 Å². The van der Waals surface area contributed by atoms with Crippen LogP contribution in [0.1, 0.15) is 33.0 Å². The fraction of sp³-hybridized carbons (Fsp3) is 0.267. The van der Waals surface area contributed by atoms with Gasteiger partial charge < -0.3 is 11.1 Å². The average Bonchev–Trinajstić information content (AvgIpc) is 2.86. The smallest absolute Gasteiger partial charge is 0.265 e. The van der Waals surface area contributed by atoms with Gasteiger partial charge in [-0.25, -0.2) is 4.39 Å². The molecule has 0 bridgehead atoms. The molecule has 0 saturated carbocycles. The van der Waals surface area contributed by atoms with Crippen molar-refractivity contribution >= 4 is 28.6 Å². The van der Waals surface area contributed by atoms with Crippen LogP contribution in [0.3, 0.4) is 0 Å². The number of carbonyl (C=O) groups is 1. The van der Waals surface area contributed by atoms with Gasteiger partial charge in [0.1, 0.15) is 5.82 Å². The second-order valence-electron chi connectivity index (χ2n) is 4.96. The number of nitrogens with two attached hydrogens (primary N) is 1. The van der Waals surface area contributed by atoms with E-state index in [0.717, 1.165) is 12.8 Å². The molecule has 5 heteroatoms. The van der Waals surface area contributed by atoms with Crippen LogP contribution in [0.15, 0.2) is 24.3 Å². The largest absolute Gasteiger partial charge is 0.399 e.